The molecular formula is C10H18N4O. The second-order valence-electron chi connectivity index (χ2n) is 3.20. The van der Waals surface area contributed by atoms with Gasteiger partial charge in [0, 0.05) is 13.1 Å². The van der Waals surface area contributed by atoms with Crippen molar-refractivity contribution in [3.05, 3.63) is 6.33 Å². The molecule has 0 saturated heterocycles. The van der Waals surface area contributed by atoms with Crippen LogP contribution in [0, 0.1) is 0 Å². The highest BCUT2D eigenvalue weighted by molar-refractivity contribution is 5.67. The number of hydrogen-bond acceptors (Lipinski definition) is 5. The standard InChI is InChI=1S/C10H18N4O/c1-4-6-14(5-2)9-8(11)10(15-3)13-7-12-9/h7H,4-6,11H2,1-3H3. The summed E-state index contributed by atoms with van der Waals surface area (Å²) < 4.78 is 5.06. The van der Waals surface area contributed by atoms with Gasteiger partial charge in [-0.1, -0.05) is 6.92 Å². The van der Waals surface area contributed by atoms with Crippen molar-refractivity contribution in [2.45, 2.75) is 20.3 Å². The quantitative estimate of drug-likeness (QED) is 0.793. The number of rotatable bonds is 5. The van der Waals surface area contributed by atoms with Crippen molar-refractivity contribution in [1.82, 2.24) is 9.97 Å². The van der Waals surface area contributed by atoms with Gasteiger partial charge in [0.05, 0.1) is 7.11 Å². The Morgan fingerprint density at radius 1 is 1.40 bits per heavy atom. The number of nitrogens with zero attached hydrogens (tertiary/aromatic N) is 3. The van der Waals surface area contributed by atoms with Gasteiger partial charge in [0.25, 0.3) is 0 Å². The number of hydrogen-bond donors (Lipinski definition) is 1. The highest BCUT2D eigenvalue weighted by atomic mass is 16.5. The predicted molar refractivity (Wildman–Crippen MR) is 61.2 cm³/mol. The SMILES string of the molecule is CCCN(CC)c1ncnc(OC)c1N. The van der Waals surface area contributed by atoms with E-state index in [0.29, 0.717) is 11.6 Å². The third-order valence-corrected chi connectivity index (χ3v) is 2.19. The summed E-state index contributed by atoms with van der Waals surface area (Å²) in [5.41, 5.74) is 6.42. The molecular weight excluding hydrogens is 192 g/mol. The molecule has 0 saturated carbocycles. The lowest BCUT2D eigenvalue weighted by atomic mass is 10.3. The number of anilines is 2. The fourth-order valence-electron chi connectivity index (χ4n) is 1.47. The van der Waals surface area contributed by atoms with Crippen molar-refractivity contribution >= 4 is 11.5 Å². The molecule has 0 amide bonds. The van der Waals surface area contributed by atoms with Crippen LogP contribution in [0.2, 0.25) is 0 Å². The van der Waals surface area contributed by atoms with Crippen LogP contribution in [0.4, 0.5) is 11.5 Å². The van der Waals surface area contributed by atoms with Gasteiger partial charge >= 0.3 is 0 Å². The van der Waals surface area contributed by atoms with Gasteiger partial charge in [0.15, 0.2) is 5.82 Å². The lowest BCUT2D eigenvalue weighted by Gasteiger charge is -2.22. The van der Waals surface area contributed by atoms with Crippen LogP contribution < -0.4 is 15.4 Å². The smallest absolute Gasteiger partial charge is 0.242 e. The summed E-state index contributed by atoms with van der Waals surface area (Å²) in [6.45, 7) is 6.00. The summed E-state index contributed by atoms with van der Waals surface area (Å²) >= 11 is 0. The Morgan fingerprint density at radius 2 is 2.13 bits per heavy atom. The Morgan fingerprint density at radius 3 is 2.67 bits per heavy atom. The van der Waals surface area contributed by atoms with E-state index in [-0.39, 0.29) is 0 Å². The lowest BCUT2D eigenvalue weighted by Crippen LogP contribution is -2.25. The molecule has 0 aromatic carbocycles. The van der Waals surface area contributed by atoms with Gasteiger partial charge in [-0.25, -0.2) is 4.98 Å². The second kappa shape index (κ2) is 5.38. The van der Waals surface area contributed by atoms with Crippen molar-refractivity contribution in [3.8, 4) is 5.88 Å². The van der Waals surface area contributed by atoms with Crippen LogP contribution in [0.15, 0.2) is 6.33 Å². The minimum atomic E-state index is 0.439. The van der Waals surface area contributed by atoms with E-state index < -0.39 is 0 Å². The van der Waals surface area contributed by atoms with Gasteiger partial charge < -0.3 is 15.4 Å². The van der Waals surface area contributed by atoms with E-state index in [0.717, 1.165) is 25.3 Å². The molecule has 0 aliphatic carbocycles. The Labute approximate surface area is 90.3 Å². The molecule has 0 unspecified atom stereocenters. The number of nitrogen functional groups attached to an aromatic ring is 1. The van der Waals surface area contributed by atoms with Crippen LogP contribution in [0.1, 0.15) is 20.3 Å². The first-order chi connectivity index (χ1) is 7.24. The van der Waals surface area contributed by atoms with Crippen LogP contribution >= 0.6 is 0 Å². The first-order valence-corrected chi connectivity index (χ1v) is 5.13. The van der Waals surface area contributed by atoms with Crippen LogP contribution in [0.25, 0.3) is 0 Å². The van der Waals surface area contributed by atoms with E-state index in [1.54, 1.807) is 7.11 Å². The largest absolute Gasteiger partial charge is 0.479 e. The molecule has 0 bridgehead atoms. The van der Waals surface area contributed by atoms with E-state index in [4.69, 9.17) is 10.5 Å². The van der Waals surface area contributed by atoms with Crippen LogP contribution in [-0.4, -0.2) is 30.2 Å². The Balaban J connectivity index is 3.01. The van der Waals surface area contributed by atoms with Crippen molar-refractivity contribution in [3.63, 3.8) is 0 Å². The molecule has 5 nitrogen and oxygen atoms in total. The monoisotopic (exact) mass is 210 g/mol. The topological polar surface area (TPSA) is 64.3 Å². The zero-order valence-corrected chi connectivity index (χ0v) is 9.53. The van der Waals surface area contributed by atoms with Gasteiger partial charge in [-0.15, -0.1) is 0 Å². The molecule has 0 aliphatic heterocycles. The van der Waals surface area contributed by atoms with Crippen LogP contribution in [-0.2, 0) is 0 Å². The van der Waals surface area contributed by atoms with Crippen molar-refractivity contribution < 1.29 is 4.74 Å². The van der Waals surface area contributed by atoms with Gasteiger partial charge in [-0.2, -0.15) is 4.98 Å². The molecule has 0 radical (unpaired) electrons. The maximum Gasteiger partial charge on any atom is 0.242 e. The zero-order chi connectivity index (χ0) is 11.3. The molecule has 1 aromatic heterocycles. The minimum Gasteiger partial charge on any atom is -0.479 e. The second-order valence-corrected chi connectivity index (χ2v) is 3.20. The van der Waals surface area contributed by atoms with E-state index in [1.165, 1.54) is 6.33 Å². The predicted octanol–water partition coefficient (Wildman–Crippen LogP) is 1.30. The van der Waals surface area contributed by atoms with E-state index in [9.17, 15) is 0 Å². The first-order valence-electron chi connectivity index (χ1n) is 5.13. The maximum atomic E-state index is 5.91. The number of methoxy groups -OCH3 is 1. The number of aromatic nitrogens is 2. The first kappa shape index (κ1) is 11.6. The third kappa shape index (κ3) is 2.49. The average Bonchev–Trinajstić information content (AvgIpc) is 2.27. The summed E-state index contributed by atoms with van der Waals surface area (Å²) in [6.07, 6.45) is 2.53. The van der Waals surface area contributed by atoms with Crippen molar-refractivity contribution in [1.29, 1.82) is 0 Å². The highest BCUT2D eigenvalue weighted by Gasteiger charge is 2.13. The zero-order valence-electron chi connectivity index (χ0n) is 9.53. The van der Waals surface area contributed by atoms with Crippen molar-refractivity contribution in [2.24, 2.45) is 0 Å². The molecule has 0 fully saturated rings. The van der Waals surface area contributed by atoms with E-state index >= 15 is 0 Å². The summed E-state index contributed by atoms with van der Waals surface area (Å²) in [5, 5.41) is 0. The molecule has 2 N–H and O–H groups in total. The summed E-state index contributed by atoms with van der Waals surface area (Å²) in [4.78, 5) is 10.2. The van der Waals surface area contributed by atoms with Crippen LogP contribution in [0.5, 0.6) is 5.88 Å². The molecule has 15 heavy (non-hydrogen) atoms. The molecule has 1 heterocycles. The van der Waals surface area contributed by atoms with Crippen molar-refractivity contribution in [2.75, 3.05) is 30.8 Å². The molecule has 0 aliphatic rings. The molecule has 0 spiro atoms. The normalized spacial score (nSPS) is 10.1. The molecule has 1 rings (SSSR count). The van der Waals surface area contributed by atoms with E-state index in [2.05, 4.69) is 28.7 Å². The van der Waals surface area contributed by atoms with Gasteiger partial charge in [-0.05, 0) is 13.3 Å². The fraction of sp³-hybridized carbons (Fsp3) is 0.600. The minimum absolute atomic E-state index is 0.439. The number of ether oxygens (including phenoxy) is 1. The van der Waals surface area contributed by atoms with Gasteiger partial charge in [0.2, 0.25) is 5.88 Å². The Bertz CT molecular complexity index is 316. The summed E-state index contributed by atoms with van der Waals surface area (Å²) in [7, 11) is 1.55. The maximum absolute atomic E-state index is 5.91. The van der Waals surface area contributed by atoms with Gasteiger partial charge in [0.1, 0.15) is 12.0 Å². The van der Waals surface area contributed by atoms with E-state index in [1.807, 2.05) is 0 Å². The average molecular weight is 210 g/mol. The molecule has 5 heteroatoms. The Kier molecular flexibility index (Phi) is 4.15. The molecule has 1 aromatic rings. The third-order valence-electron chi connectivity index (χ3n) is 2.19. The number of nitrogens with two attached hydrogens (primary N) is 1. The Hall–Kier alpha value is -1.52. The fourth-order valence-corrected chi connectivity index (χ4v) is 1.47. The van der Waals surface area contributed by atoms with Crippen LogP contribution in [0.3, 0.4) is 0 Å². The van der Waals surface area contributed by atoms with Gasteiger partial charge in [-0.3, -0.25) is 0 Å². The highest BCUT2D eigenvalue weighted by Crippen LogP contribution is 2.27. The summed E-state index contributed by atoms with van der Waals surface area (Å²) in [6, 6.07) is 0. The lowest BCUT2D eigenvalue weighted by molar-refractivity contribution is 0.399. The summed E-state index contributed by atoms with van der Waals surface area (Å²) in [5.74, 6) is 1.20. The molecule has 0 atom stereocenters. The molecule has 84 valence electrons.